The van der Waals surface area contributed by atoms with E-state index in [2.05, 4.69) is 17.6 Å². The zero-order valence-corrected chi connectivity index (χ0v) is 12.4. The molecule has 0 radical (unpaired) electrons. The van der Waals surface area contributed by atoms with E-state index in [9.17, 15) is 9.18 Å². The Morgan fingerprint density at radius 2 is 2.14 bits per heavy atom. The molecule has 1 fully saturated rings. The number of carbonyl (C=O) groups is 1. The molecule has 0 aromatic heterocycles. The lowest BCUT2D eigenvalue weighted by Crippen LogP contribution is -2.44. The van der Waals surface area contributed by atoms with Crippen LogP contribution in [0.3, 0.4) is 0 Å². The van der Waals surface area contributed by atoms with E-state index >= 15 is 0 Å². The second-order valence-electron chi connectivity index (χ2n) is 5.34. The molecule has 1 aliphatic rings. The highest BCUT2D eigenvalue weighted by Crippen LogP contribution is 2.14. The number of nitrogens with one attached hydrogen (secondary N) is 2. The third-order valence-electron chi connectivity index (χ3n) is 3.73. The van der Waals surface area contributed by atoms with Gasteiger partial charge in [0.25, 0.3) is 0 Å². The summed E-state index contributed by atoms with van der Waals surface area (Å²) in [5.41, 5.74) is 0.626. The van der Waals surface area contributed by atoms with Crippen molar-refractivity contribution >= 4 is 5.91 Å². The molecular weight excluding hydrogens is 271 g/mol. The summed E-state index contributed by atoms with van der Waals surface area (Å²) in [6.45, 7) is 4.44. The van der Waals surface area contributed by atoms with Crippen molar-refractivity contribution in [2.75, 3.05) is 26.3 Å². The largest absolute Gasteiger partial charge is 0.379 e. The van der Waals surface area contributed by atoms with Crippen LogP contribution in [0.4, 0.5) is 4.39 Å². The third kappa shape index (κ3) is 4.51. The Bertz CT molecular complexity index is 467. The number of carbonyl (C=O) groups excluding carboxylic acids is 1. The Morgan fingerprint density at radius 3 is 2.90 bits per heavy atom. The van der Waals surface area contributed by atoms with Gasteiger partial charge in [0.15, 0.2) is 0 Å². The maximum atomic E-state index is 13.5. The molecule has 1 amide bonds. The Morgan fingerprint density at radius 1 is 1.33 bits per heavy atom. The normalized spacial score (nSPS) is 21.4. The number of halogens is 1. The first-order valence-corrected chi connectivity index (χ1v) is 7.54. The summed E-state index contributed by atoms with van der Waals surface area (Å²) in [6.07, 6.45) is 1.52. The van der Waals surface area contributed by atoms with Gasteiger partial charge in [-0.25, -0.2) is 4.39 Å². The van der Waals surface area contributed by atoms with E-state index < -0.39 is 0 Å². The molecule has 1 aliphatic heterocycles. The Balaban J connectivity index is 1.77. The molecule has 2 unspecified atom stereocenters. The molecule has 4 nitrogen and oxygen atoms in total. The van der Waals surface area contributed by atoms with Crippen LogP contribution in [0.15, 0.2) is 24.3 Å². The maximum Gasteiger partial charge on any atom is 0.227 e. The van der Waals surface area contributed by atoms with Crippen molar-refractivity contribution < 1.29 is 13.9 Å². The maximum absolute atomic E-state index is 13.5. The lowest BCUT2D eigenvalue weighted by atomic mass is 10.0. The summed E-state index contributed by atoms with van der Waals surface area (Å²) in [5, 5.41) is 6.21. The summed E-state index contributed by atoms with van der Waals surface area (Å²) in [7, 11) is 0. The molecule has 1 saturated heterocycles. The van der Waals surface area contributed by atoms with Gasteiger partial charge in [-0.1, -0.05) is 25.1 Å². The number of amides is 1. The van der Waals surface area contributed by atoms with Crippen LogP contribution in [-0.4, -0.2) is 38.3 Å². The summed E-state index contributed by atoms with van der Waals surface area (Å²) in [4.78, 5) is 12.2. The smallest absolute Gasteiger partial charge is 0.227 e. The van der Waals surface area contributed by atoms with Crippen molar-refractivity contribution in [2.45, 2.75) is 25.8 Å². The number of ether oxygens (including phenoxy) is 1. The highest BCUT2D eigenvalue weighted by atomic mass is 19.1. The van der Waals surface area contributed by atoms with Crippen molar-refractivity contribution in [3.8, 4) is 0 Å². The second-order valence-corrected chi connectivity index (χ2v) is 5.34. The van der Waals surface area contributed by atoms with E-state index in [-0.39, 0.29) is 23.7 Å². The molecular formula is C16H23FN2O2. The van der Waals surface area contributed by atoms with E-state index in [1.165, 1.54) is 6.07 Å². The molecule has 0 spiro atoms. The number of hydrogen-bond acceptors (Lipinski definition) is 3. The minimum absolute atomic E-state index is 0.0163. The monoisotopic (exact) mass is 294 g/mol. The first-order chi connectivity index (χ1) is 10.2. The van der Waals surface area contributed by atoms with Crippen molar-refractivity contribution in [3.05, 3.63) is 35.6 Å². The molecule has 5 heteroatoms. The Hall–Kier alpha value is -1.46. The number of hydrogen-bond donors (Lipinski definition) is 2. The predicted octanol–water partition coefficient (Wildman–Crippen LogP) is 1.50. The van der Waals surface area contributed by atoms with Crippen LogP contribution in [-0.2, 0) is 16.0 Å². The van der Waals surface area contributed by atoms with Gasteiger partial charge < -0.3 is 15.4 Å². The predicted molar refractivity (Wildman–Crippen MR) is 79.5 cm³/mol. The minimum atomic E-state index is -0.224. The van der Waals surface area contributed by atoms with Crippen LogP contribution in [0, 0.1) is 11.7 Å². The van der Waals surface area contributed by atoms with Crippen LogP contribution in [0.2, 0.25) is 0 Å². The summed E-state index contributed by atoms with van der Waals surface area (Å²) >= 11 is 0. The van der Waals surface area contributed by atoms with Gasteiger partial charge in [0.1, 0.15) is 5.82 Å². The minimum Gasteiger partial charge on any atom is -0.379 e. The molecule has 0 saturated carbocycles. The highest BCUT2D eigenvalue weighted by molar-refractivity contribution is 5.79. The third-order valence-corrected chi connectivity index (χ3v) is 3.73. The van der Waals surface area contributed by atoms with E-state index in [1.807, 2.05) is 0 Å². The molecule has 0 bridgehead atoms. The fraction of sp³-hybridized carbons (Fsp3) is 0.562. The molecule has 1 aromatic carbocycles. The van der Waals surface area contributed by atoms with Gasteiger partial charge in [0, 0.05) is 12.6 Å². The zero-order chi connectivity index (χ0) is 15.1. The van der Waals surface area contributed by atoms with Gasteiger partial charge in [0.05, 0.1) is 19.1 Å². The highest BCUT2D eigenvalue weighted by Gasteiger charge is 2.33. The lowest BCUT2D eigenvalue weighted by molar-refractivity contribution is -0.125. The summed E-state index contributed by atoms with van der Waals surface area (Å²) < 4.78 is 18.9. The molecule has 2 atom stereocenters. The molecule has 2 rings (SSSR count). The van der Waals surface area contributed by atoms with Crippen molar-refractivity contribution in [2.24, 2.45) is 5.92 Å². The van der Waals surface area contributed by atoms with Crippen LogP contribution in [0.25, 0.3) is 0 Å². The fourth-order valence-corrected chi connectivity index (χ4v) is 2.50. The number of benzene rings is 1. The average Bonchev–Trinajstić information content (AvgIpc) is 2.95. The van der Waals surface area contributed by atoms with Crippen LogP contribution < -0.4 is 10.6 Å². The van der Waals surface area contributed by atoms with Crippen molar-refractivity contribution in [1.82, 2.24) is 10.6 Å². The lowest BCUT2D eigenvalue weighted by Gasteiger charge is -2.18. The molecule has 21 heavy (non-hydrogen) atoms. The van der Waals surface area contributed by atoms with Gasteiger partial charge in [-0.3, -0.25) is 4.79 Å². The van der Waals surface area contributed by atoms with E-state index in [1.54, 1.807) is 18.2 Å². The summed E-state index contributed by atoms with van der Waals surface area (Å²) in [5.74, 6) is -0.395. The van der Waals surface area contributed by atoms with Gasteiger partial charge in [-0.15, -0.1) is 0 Å². The Kier molecular flexibility index (Phi) is 6.14. The Labute approximate surface area is 125 Å². The first kappa shape index (κ1) is 15.9. The quantitative estimate of drug-likeness (QED) is 0.801. The van der Waals surface area contributed by atoms with Crippen LogP contribution in [0.5, 0.6) is 0 Å². The molecule has 0 aliphatic carbocycles. The fourth-order valence-electron chi connectivity index (χ4n) is 2.50. The van der Waals surface area contributed by atoms with Gasteiger partial charge >= 0.3 is 0 Å². The molecule has 1 aromatic rings. The van der Waals surface area contributed by atoms with Crippen molar-refractivity contribution in [3.63, 3.8) is 0 Å². The van der Waals surface area contributed by atoms with E-state index in [0.29, 0.717) is 31.7 Å². The second kappa shape index (κ2) is 8.10. The van der Waals surface area contributed by atoms with Gasteiger partial charge in [-0.2, -0.15) is 0 Å². The summed E-state index contributed by atoms with van der Waals surface area (Å²) in [6, 6.07) is 6.73. The molecule has 1 heterocycles. The zero-order valence-electron chi connectivity index (χ0n) is 12.4. The van der Waals surface area contributed by atoms with E-state index in [4.69, 9.17) is 4.74 Å². The van der Waals surface area contributed by atoms with Gasteiger partial charge in [-0.05, 0) is 31.0 Å². The topological polar surface area (TPSA) is 50.4 Å². The number of rotatable bonds is 7. The van der Waals surface area contributed by atoms with Gasteiger partial charge in [0.2, 0.25) is 5.91 Å². The van der Waals surface area contributed by atoms with Crippen LogP contribution in [0.1, 0.15) is 18.9 Å². The SMILES string of the molecule is CCCNC1COCC1C(=O)NCCc1ccccc1F. The molecule has 116 valence electrons. The first-order valence-electron chi connectivity index (χ1n) is 7.54. The van der Waals surface area contributed by atoms with E-state index in [0.717, 1.165) is 13.0 Å². The van der Waals surface area contributed by atoms with Crippen molar-refractivity contribution in [1.29, 1.82) is 0 Å². The molecule has 2 N–H and O–H groups in total. The van der Waals surface area contributed by atoms with Crippen LogP contribution >= 0.6 is 0 Å². The average molecular weight is 294 g/mol. The standard InChI is InChI=1S/C16H23FN2O2/c1-2-8-18-15-11-21-10-13(15)16(20)19-9-7-12-5-3-4-6-14(12)17/h3-6,13,15,18H,2,7-11H2,1H3,(H,19,20).